The third-order valence-corrected chi connectivity index (χ3v) is 5.82. The first kappa shape index (κ1) is 17.1. The average Bonchev–Trinajstić information content (AvgIpc) is 2.88. The monoisotopic (exact) mass is 366 g/mol. The number of thioether (sulfide) groups is 1. The van der Waals surface area contributed by atoms with Crippen LogP contribution in [0.2, 0.25) is 0 Å². The van der Waals surface area contributed by atoms with Gasteiger partial charge in [0.15, 0.2) is 5.16 Å². The number of rotatable bonds is 4. The number of nitrogens with one attached hydrogen (secondary N) is 1. The van der Waals surface area contributed by atoms with Crippen LogP contribution in [0.5, 0.6) is 0 Å². The van der Waals surface area contributed by atoms with Crippen LogP contribution in [-0.4, -0.2) is 25.9 Å². The Morgan fingerprint density at radius 3 is 2.85 bits per heavy atom. The van der Waals surface area contributed by atoms with Gasteiger partial charge in [-0.3, -0.25) is 4.79 Å². The minimum absolute atomic E-state index is 0.0174. The van der Waals surface area contributed by atoms with Gasteiger partial charge < -0.3 is 9.88 Å². The molecule has 0 saturated heterocycles. The van der Waals surface area contributed by atoms with E-state index in [1.54, 1.807) is 0 Å². The van der Waals surface area contributed by atoms with Crippen LogP contribution in [0.4, 0.5) is 5.69 Å². The van der Waals surface area contributed by atoms with Crippen molar-refractivity contribution in [3.63, 3.8) is 0 Å². The van der Waals surface area contributed by atoms with Crippen molar-refractivity contribution in [1.29, 1.82) is 0 Å². The van der Waals surface area contributed by atoms with E-state index in [4.69, 9.17) is 0 Å². The van der Waals surface area contributed by atoms with Gasteiger partial charge in [-0.1, -0.05) is 48.5 Å². The van der Waals surface area contributed by atoms with Gasteiger partial charge in [0, 0.05) is 18.7 Å². The second-order valence-electron chi connectivity index (χ2n) is 6.67. The molecule has 1 aliphatic rings. The van der Waals surface area contributed by atoms with Gasteiger partial charge in [0.2, 0.25) is 5.91 Å². The summed E-state index contributed by atoms with van der Waals surface area (Å²) in [6, 6.07) is 14.1. The number of anilines is 1. The van der Waals surface area contributed by atoms with Crippen molar-refractivity contribution in [2.75, 3.05) is 5.32 Å². The molecule has 1 atom stereocenters. The summed E-state index contributed by atoms with van der Waals surface area (Å²) in [6.07, 6.45) is 4.52. The van der Waals surface area contributed by atoms with Crippen molar-refractivity contribution < 1.29 is 4.79 Å². The van der Waals surface area contributed by atoms with Gasteiger partial charge in [0.05, 0.1) is 5.25 Å². The number of aryl methyl sites for hydroxylation is 1. The van der Waals surface area contributed by atoms with Crippen LogP contribution in [0.25, 0.3) is 10.8 Å². The molecule has 4 rings (SSSR count). The molecular weight excluding hydrogens is 344 g/mol. The zero-order valence-electron chi connectivity index (χ0n) is 14.8. The Labute approximate surface area is 157 Å². The Bertz CT molecular complexity index is 936. The molecule has 0 fully saturated rings. The number of nitrogens with zero attached hydrogens (tertiary/aromatic N) is 3. The Morgan fingerprint density at radius 1 is 1.12 bits per heavy atom. The van der Waals surface area contributed by atoms with Crippen LogP contribution in [-0.2, 0) is 17.8 Å². The molecule has 1 aromatic heterocycles. The topological polar surface area (TPSA) is 59.8 Å². The van der Waals surface area contributed by atoms with E-state index in [0.717, 1.165) is 41.4 Å². The smallest absolute Gasteiger partial charge is 0.237 e. The fraction of sp³-hybridized carbons (Fsp3) is 0.350. The summed E-state index contributed by atoms with van der Waals surface area (Å²) in [5, 5.41) is 14.5. The fourth-order valence-corrected chi connectivity index (χ4v) is 4.16. The van der Waals surface area contributed by atoms with E-state index in [1.165, 1.54) is 30.0 Å². The largest absolute Gasteiger partial charge is 0.325 e. The van der Waals surface area contributed by atoms with Crippen molar-refractivity contribution in [2.45, 2.75) is 49.6 Å². The predicted molar refractivity (Wildman–Crippen MR) is 105 cm³/mol. The van der Waals surface area contributed by atoms with E-state index in [-0.39, 0.29) is 11.2 Å². The summed E-state index contributed by atoms with van der Waals surface area (Å²) in [7, 11) is 0. The van der Waals surface area contributed by atoms with Gasteiger partial charge >= 0.3 is 0 Å². The molecule has 134 valence electrons. The molecule has 2 heterocycles. The van der Waals surface area contributed by atoms with E-state index in [2.05, 4.69) is 32.2 Å². The molecule has 1 amide bonds. The van der Waals surface area contributed by atoms with Crippen LogP contribution < -0.4 is 5.32 Å². The number of aromatic nitrogens is 3. The Balaban J connectivity index is 1.45. The van der Waals surface area contributed by atoms with Gasteiger partial charge in [-0.25, -0.2) is 0 Å². The van der Waals surface area contributed by atoms with Crippen molar-refractivity contribution in [3.05, 3.63) is 48.3 Å². The first-order valence-corrected chi connectivity index (χ1v) is 9.97. The third kappa shape index (κ3) is 3.60. The van der Waals surface area contributed by atoms with Gasteiger partial charge in [-0.15, -0.1) is 10.2 Å². The summed E-state index contributed by atoms with van der Waals surface area (Å²) in [5.74, 6) is 1.03. The van der Waals surface area contributed by atoms with E-state index < -0.39 is 0 Å². The molecule has 0 bridgehead atoms. The van der Waals surface area contributed by atoms with Crippen molar-refractivity contribution in [1.82, 2.24) is 14.8 Å². The van der Waals surface area contributed by atoms with Crippen molar-refractivity contribution >= 4 is 34.1 Å². The lowest BCUT2D eigenvalue weighted by molar-refractivity contribution is -0.115. The van der Waals surface area contributed by atoms with E-state index in [0.29, 0.717) is 0 Å². The fourth-order valence-electron chi connectivity index (χ4n) is 3.27. The van der Waals surface area contributed by atoms with E-state index in [9.17, 15) is 4.79 Å². The molecule has 26 heavy (non-hydrogen) atoms. The highest BCUT2D eigenvalue weighted by atomic mass is 32.2. The third-order valence-electron chi connectivity index (χ3n) is 4.74. The molecule has 6 heteroatoms. The maximum atomic E-state index is 12.6. The highest BCUT2D eigenvalue weighted by Crippen LogP contribution is 2.26. The second-order valence-corrected chi connectivity index (χ2v) is 7.98. The minimum atomic E-state index is -0.238. The standard InChI is InChI=1S/C20H22N4OS/c1-14(26-20-23-22-18-9-3-2-6-12-24(18)20)19(25)21-17-11-10-15-7-4-5-8-16(15)13-17/h4-5,7-8,10-11,13-14H,2-3,6,9,12H2,1H3,(H,21,25)/t14-/m0/s1. The maximum absolute atomic E-state index is 12.6. The lowest BCUT2D eigenvalue weighted by atomic mass is 10.1. The predicted octanol–water partition coefficient (Wildman–Crippen LogP) is 4.28. The molecular formula is C20H22N4OS. The van der Waals surface area contributed by atoms with Crippen molar-refractivity contribution in [2.24, 2.45) is 0 Å². The summed E-state index contributed by atoms with van der Waals surface area (Å²) in [4.78, 5) is 12.6. The number of carbonyl (C=O) groups is 1. The quantitative estimate of drug-likeness (QED) is 0.700. The van der Waals surface area contributed by atoms with Gasteiger partial charge in [0.25, 0.3) is 0 Å². The number of benzene rings is 2. The lowest BCUT2D eigenvalue weighted by Crippen LogP contribution is -2.23. The Kier molecular flexibility index (Phi) is 4.93. The van der Waals surface area contributed by atoms with Crippen LogP contribution in [0.15, 0.2) is 47.6 Å². The highest BCUT2D eigenvalue weighted by molar-refractivity contribution is 8.00. The van der Waals surface area contributed by atoms with Gasteiger partial charge in [-0.2, -0.15) is 0 Å². The summed E-state index contributed by atoms with van der Waals surface area (Å²) >= 11 is 1.48. The Morgan fingerprint density at radius 2 is 1.96 bits per heavy atom. The molecule has 0 aliphatic carbocycles. The normalized spacial score (nSPS) is 15.3. The van der Waals surface area contributed by atoms with Crippen molar-refractivity contribution in [3.8, 4) is 0 Å². The number of fused-ring (bicyclic) bond motifs is 2. The van der Waals surface area contributed by atoms with Crippen LogP contribution >= 0.6 is 11.8 Å². The minimum Gasteiger partial charge on any atom is -0.325 e. The summed E-state index contributed by atoms with van der Waals surface area (Å²) in [5.41, 5.74) is 0.821. The number of hydrogen-bond donors (Lipinski definition) is 1. The summed E-state index contributed by atoms with van der Waals surface area (Å²) in [6.45, 7) is 2.86. The van der Waals surface area contributed by atoms with E-state index in [1.807, 2.05) is 37.3 Å². The molecule has 0 unspecified atom stereocenters. The number of hydrogen-bond acceptors (Lipinski definition) is 4. The first-order chi connectivity index (χ1) is 12.7. The molecule has 0 spiro atoms. The average molecular weight is 366 g/mol. The molecule has 0 saturated carbocycles. The van der Waals surface area contributed by atoms with Crippen LogP contribution in [0.1, 0.15) is 32.0 Å². The molecule has 5 nitrogen and oxygen atoms in total. The van der Waals surface area contributed by atoms with Crippen LogP contribution in [0.3, 0.4) is 0 Å². The Hall–Kier alpha value is -2.34. The highest BCUT2D eigenvalue weighted by Gasteiger charge is 2.21. The summed E-state index contributed by atoms with van der Waals surface area (Å²) < 4.78 is 2.18. The molecule has 2 aromatic carbocycles. The van der Waals surface area contributed by atoms with Gasteiger partial charge in [0.1, 0.15) is 5.82 Å². The lowest BCUT2D eigenvalue weighted by Gasteiger charge is -2.13. The molecule has 3 aromatic rings. The molecule has 1 N–H and O–H groups in total. The van der Waals surface area contributed by atoms with Crippen LogP contribution in [0, 0.1) is 0 Å². The SMILES string of the molecule is C[C@H](Sc1nnc2n1CCCCC2)C(=O)Nc1ccc2ccccc2c1. The zero-order chi connectivity index (χ0) is 17.9. The van der Waals surface area contributed by atoms with E-state index >= 15 is 0 Å². The molecule has 1 aliphatic heterocycles. The zero-order valence-corrected chi connectivity index (χ0v) is 15.6. The van der Waals surface area contributed by atoms with Gasteiger partial charge in [-0.05, 0) is 42.7 Å². The first-order valence-electron chi connectivity index (χ1n) is 9.09. The number of carbonyl (C=O) groups excluding carboxylic acids is 1. The molecule has 0 radical (unpaired) electrons. The second kappa shape index (κ2) is 7.50. The maximum Gasteiger partial charge on any atom is 0.237 e. The number of amides is 1.